The molecule has 0 amide bonds. The Labute approximate surface area is 126 Å². The van der Waals surface area contributed by atoms with Crippen LogP contribution in [0, 0.1) is 0 Å². The molecule has 1 aromatic rings. The summed E-state index contributed by atoms with van der Waals surface area (Å²) < 4.78 is 26.8. The largest absolute Gasteiger partial charge is 0.481 e. The predicted molar refractivity (Wildman–Crippen MR) is 75.8 cm³/mol. The first-order chi connectivity index (χ1) is 9.63. The lowest BCUT2D eigenvalue weighted by atomic mass is 10.2. The standard InChI is InChI=1S/C11H13ClN2O6S/c1-14(5-4-10(15)16)21(19,20)13-7-2-3-9(12)8(6-7)11(17)18/h2-3,6,13H,4-5H2,1H3,(H,15,16)(H,17,18). The number of carboxylic acids is 2. The SMILES string of the molecule is CN(CCC(=O)O)S(=O)(=O)Nc1ccc(Cl)c(C(=O)O)c1. The molecule has 10 heteroatoms. The minimum absolute atomic E-state index is 0.0129. The Morgan fingerprint density at radius 1 is 1.33 bits per heavy atom. The summed E-state index contributed by atoms with van der Waals surface area (Å²) >= 11 is 5.68. The summed E-state index contributed by atoms with van der Waals surface area (Å²) in [6.45, 7) is -0.218. The van der Waals surface area contributed by atoms with Gasteiger partial charge in [-0.3, -0.25) is 9.52 Å². The molecule has 0 unspecified atom stereocenters. The number of carbonyl (C=O) groups is 2. The molecule has 21 heavy (non-hydrogen) atoms. The Hall–Kier alpha value is -1.84. The average Bonchev–Trinajstić information content (AvgIpc) is 2.37. The van der Waals surface area contributed by atoms with Crippen molar-refractivity contribution in [1.29, 1.82) is 0 Å². The molecule has 0 saturated heterocycles. The van der Waals surface area contributed by atoms with Crippen molar-refractivity contribution in [1.82, 2.24) is 4.31 Å². The molecule has 0 fully saturated rings. The molecule has 0 aliphatic carbocycles. The quantitative estimate of drug-likeness (QED) is 0.685. The fraction of sp³-hybridized carbons (Fsp3) is 0.273. The number of aliphatic carboxylic acids is 1. The van der Waals surface area contributed by atoms with E-state index in [2.05, 4.69) is 4.72 Å². The van der Waals surface area contributed by atoms with E-state index in [0.717, 1.165) is 10.4 Å². The number of halogens is 1. The smallest absolute Gasteiger partial charge is 0.337 e. The molecule has 0 spiro atoms. The molecule has 8 nitrogen and oxygen atoms in total. The highest BCUT2D eigenvalue weighted by Gasteiger charge is 2.19. The van der Waals surface area contributed by atoms with Crippen LogP contribution >= 0.6 is 11.6 Å². The zero-order valence-electron chi connectivity index (χ0n) is 10.9. The lowest BCUT2D eigenvalue weighted by Crippen LogP contribution is -2.34. The van der Waals surface area contributed by atoms with Crippen molar-refractivity contribution in [3.05, 3.63) is 28.8 Å². The van der Waals surface area contributed by atoms with E-state index in [0.29, 0.717) is 0 Å². The molecule has 3 N–H and O–H groups in total. The van der Waals surface area contributed by atoms with Gasteiger partial charge in [0.25, 0.3) is 0 Å². The molecule has 0 heterocycles. The summed E-state index contributed by atoms with van der Waals surface area (Å²) in [6, 6.07) is 3.63. The Morgan fingerprint density at radius 2 is 1.95 bits per heavy atom. The normalized spacial score (nSPS) is 11.4. The monoisotopic (exact) mass is 336 g/mol. The first kappa shape index (κ1) is 17.2. The predicted octanol–water partition coefficient (Wildman–Crippen LogP) is 1.10. The minimum Gasteiger partial charge on any atom is -0.481 e. The average molecular weight is 337 g/mol. The van der Waals surface area contributed by atoms with Crippen molar-refractivity contribution in [2.45, 2.75) is 6.42 Å². The molecule has 0 atom stereocenters. The Bertz CT molecular complexity index is 661. The molecule has 0 aromatic heterocycles. The van der Waals surface area contributed by atoms with E-state index in [1.807, 2.05) is 0 Å². The van der Waals surface area contributed by atoms with Gasteiger partial charge in [-0.25, -0.2) is 4.79 Å². The summed E-state index contributed by atoms with van der Waals surface area (Å²) in [7, 11) is -2.77. The van der Waals surface area contributed by atoms with Gasteiger partial charge in [0.15, 0.2) is 0 Å². The fourth-order valence-corrected chi connectivity index (χ4v) is 2.46. The number of nitrogens with one attached hydrogen (secondary N) is 1. The van der Waals surface area contributed by atoms with Crippen molar-refractivity contribution < 1.29 is 28.2 Å². The third kappa shape index (κ3) is 4.88. The summed E-state index contributed by atoms with van der Waals surface area (Å²) in [5.41, 5.74) is -0.232. The van der Waals surface area contributed by atoms with Crippen LogP contribution in [0.4, 0.5) is 5.69 Å². The van der Waals surface area contributed by atoms with Gasteiger partial charge < -0.3 is 10.2 Å². The van der Waals surface area contributed by atoms with Gasteiger partial charge in [-0.1, -0.05) is 11.6 Å². The van der Waals surface area contributed by atoms with Crippen molar-refractivity contribution >= 4 is 39.4 Å². The summed E-state index contributed by atoms with van der Waals surface area (Å²) in [6.07, 6.45) is -0.349. The second-order valence-corrected chi connectivity index (χ2v) is 6.26. The van der Waals surface area contributed by atoms with E-state index in [1.165, 1.54) is 19.2 Å². The molecule has 1 rings (SSSR count). The Morgan fingerprint density at radius 3 is 2.48 bits per heavy atom. The highest BCUT2D eigenvalue weighted by atomic mass is 35.5. The van der Waals surface area contributed by atoms with Gasteiger partial charge in [-0.05, 0) is 18.2 Å². The first-order valence-corrected chi connectivity index (χ1v) is 7.44. The molecular weight excluding hydrogens is 324 g/mol. The Kier molecular flexibility index (Phi) is 5.53. The van der Waals surface area contributed by atoms with Gasteiger partial charge in [0.2, 0.25) is 0 Å². The van der Waals surface area contributed by atoms with E-state index in [4.69, 9.17) is 21.8 Å². The third-order valence-corrected chi connectivity index (χ3v) is 4.32. The van der Waals surface area contributed by atoms with Crippen molar-refractivity contribution in [2.75, 3.05) is 18.3 Å². The van der Waals surface area contributed by atoms with Gasteiger partial charge in [-0.2, -0.15) is 12.7 Å². The number of hydrogen-bond donors (Lipinski definition) is 3. The molecule has 0 aliphatic rings. The maximum absolute atomic E-state index is 11.9. The van der Waals surface area contributed by atoms with Crippen LogP contribution in [0.5, 0.6) is 0 Å². The van der Waals surface area contributed by atoms with Crippen LogP contribution in [0.15, 0.2) is 18.2 Å². The summed E-state index contributed by atoms with van der Waals surface area (Å²) in [5, 5.41) is 17.4. The molecule has 0 bridgehead atoms. The molecular formula is C11H13ClN2O6S. The minimum atomic E-state index is -3.98. The second kappa shape index (κ2) is 6.74. The van der Waals surface area contributed by atoms with Crippen molar-refractivity contribution in [3.63, 3.8) is 0 Å². The Balaban J connectivity index is 2.91. The van der Waals surface area contributed by atoms with Gasteiger partial charge in [0.1, 0.15) is 0 Å². The molecule has 0 aliphatic heterocycles. The van der Waals surface area contributed by atoms with Gasteiger partial charge in [0, 0.05) is 13.6 Å². The number of rotatable bonds is 7. The lowest BCUT2D eigenvalue weighted by Gasteiger charge is -2.17. The first-order valence-electron chi connectivity index (χ1n) is 5.62. The van der Waals surface area contributed by atoms with Crippen LogP contribution in [-0.2, 0) is 15.0 Å². The maximum Gasteiger partial charge on any atom is 0.337 e. The van der Waals surface area contributed by atoms with Gasteiger partial charge in [0.05, 0.1) is 22.7 Å². The molecule has 0 saturated carbocycles. The number of anilines is 1. The summed E-state index contributed by atoms with van der Waals surface area (Å²) in [4.78, 5) is 21.3. The third-order valence-electron chi connectivity index (χ3n) is 2.49. The number of carboxylic acid groups (broad SMARTS) is 2. The molecule has 116 valence electrons. The van der Waals surface area contributed by atoms with Crippen molar-refractivity contribution in [2.24, 2.45) is 0 Å². The van der Waals surface area contributed by atoms with Gasteiger partial charge in [-0.15, -0.1) is 0 Å². The van der Waals surface area contributed by atoms with E-state index < -0.39 is 22.1 Å². The lowest BCUT2D eigenvalue weighted by molar-refractivity contribution is -0.137. The number of nitrogens with zero attached hydrogens (tertiary/aromatic N) is 1. The van der Waals surface area contributed by atoms with E-state index in [9.17, 15) is 18.0 Å². The number of hydrogen-bond acceptors (Lipinski definition) is 4. The van der Waals surface area contributed by atoms with Crippen LogP contribution in [0.2, 0.25) is 5.02 Å². The topological polar surface area (TPSA) is 124 Å². The number of aromatic carboxylic acids is 1. The van der Waals surface area contributed by atoms with E-state index >= 15 is 0 Å². The highest BCUT2D eigenvalue weighted by molar-refractivity contribution is 7.90. The van der Waals surface area contributed by atoms with Crippen molar-refractivity contribution in [3.8, 4) is 0 Å². The van der Waals surface area contributed by atoms with E-state index in [-0.39, 0.29) is 29.2 Å². The molecule has 0 radical (unpaired) electrons. The van der Waals surface area contributed by atoms with Gasteiger partial charge >= 0.3 is 22.1 Å². The van der Waals surface area contributed by atoms with Crippen LogP contribution in [0.1, 0.15) is 16.8 Å². The number of benzene rings is 1. The van der Waals surface area contributed by atoms with Crippen LogP contribution in [-0.4, -0.2) is 48.5 Å². The fourth-order valence-electron chi connectivity index (χ4n) is 1.35. The van der Waals surface area contributed by atoms with Crippen LogP contribution in [0.3, 0.4) is 0 Å². The summed E-state index contributed by atoms with van der Waals surface area (Å²) in [5.74, 6) is -2.42. The molecule has 1 aromatic carbocycles. The zero-order valence-corrected chi connectivity index (χ0v) is 12.5. The van der Waals surface area contributed by atoms with E-state index in [1.54, 1.807) is 0 Å². The second-order valence-electron chi connectivity index (χ2n) is 4.07. The maximum atomic E-state index is 11.9. The highest BCUT2D eigenvalue weighted by Crippen LogP contribution is 2.21. The zero-order chi connectivity index (χ0) is 16.2. The van der Waals surface area contributed by atoms with Crippen LogP contribution in [0.25, 0.3) is 0 Å². The van der Waals surface area contributed by atoms with Crippen LogP contribution < -0.4 is 4.72 Å².